The van der Waals surface area contributed by atoms with E-state index in [-0.39, 0.29) is 11.8 Å². The number of aryl methyl sites for hydroxylation is 2. The molecule has 0 saturated carbocycles. The van der Waals surface area contributed by atoms with Crippen molar-refractivity contribution in [3.05, 3.63) is 59.5 Å². The number of benzene rings is 1. The Balaban J connectivity index is 1.63. The molecule has 0 spiro atoms. The number of carbonyl (C=O) groups is 2. The average Bonchev–Trinajstić information content (AvgIpc) is 3.30. The van der Waals surface area contributed by atoms with E-state index in [2.05, 4.69) is 5.10 Å². The fraction of sp³-hybridized carbons (Fsp3) is 0.304. The van der Waals surface area contributed by atoms with Crippen molar-refractivity contribution in [1.29, 1.82) is 0 Å². The molecule has 154 valence electrons. The van der Waals surface area contributed by atoms with Crippen LogP contribution in [0.15, 0.2) is 42.7 Å². The third-order valence-corrected chi connectivity index (χ3v) is 5.41. The Bertz CT molecular complexity index is 1120. The standard InChI is InChI=1S/C23H25N5O2/c1-15-6-9-19(18-12-25-28(14-18)10-4-3-5-21(24)29)22(26-15)16-7-8-17-13-27(2)23(30)20(17)11-16/h6-9,11-12,14H,3-5,10,13H2,1-2H3,(H2,24,29). The topological polar surface area (TPSA) is 94.1 Å². The highest BCUT2D eigenvalue weighted by atomic mass is 16.2. The van der Waals surface area contributed by atoms with Crippen molar-refractivity contribution in [3.8, 4) is 22.4 Å². The van der Waals surface area contributed by atoms with Gasteiger partial charge >= 0.3 is 0 Å². The van der Waals surface area contributed by atoms with E-state index in [4.69, 9.17) is 10.7 Å². The minimum atomic E-state index is -0.273. The Labute approximate surface area is 175 Å². The highest BCUT2D eigenvalue weighted by Crippen LogP contribution is 2.33. The van der Waals surface area contributed by atoms with Gasteiger partial charge in [-0.25, -0.2) is 0 Å². The maximum atomic E-state index is 12.4. The quantitative estimate of drug-likeness (QED) is 0.613. The zero-order chi connectivity index (χ0) is 21.3. The smallest absolute Gasteiger partial charge is 0.254 e. The maximum absolute atomic E-state index is 12.4. The first-order valence-electron chi connectivity index (χ1n) is 10.1. The van der Waals surface area contributed by atoms with Crippen molar-refractivity contribution in [2.24, 2.45) is 5.73 Å². The lowest BCUT2D eigenvalue weighted by Crippen LogP contribution is -2.17. The van der Waals surface area contributed by atoms with E-state index in [1.807, 2.05) is 61.4 Å². The molecule has 2 aromatic heterocycles. The molecule has 3 heterocycles. The number of rotatable bonds is 7. The second-order valence-corrected chi connectivity index (χ2v) is 7.80. The van der Waals surface area contributed by atoms with Gasteiger partial charge in [-0.05, 0) is 37.5 Å². The van der Waals surface area contributed by atoms with Gasteiger partial charge in [0.25, 0.3) is 5.91 Å². The molecule has 4 rings (SSSR count). The highest BCUT2D eigenvalue weighted by molar-refractivity contribution is 5.99. The number of unbranched alkanes of at least 4 members (excludes halogenated alkanes) is 1. The highest BCUT2D eigenvalue weighted by Gasteiger charge is 2.25. The normalized spacial score (nSPS) is 13.0. The van der Waals surface area contributed by atoms with E-state index in [0.717, 1.165) is 58.6 Å². The van der Waals surface area contributed by atoms with Crippen molar-refractivity contribution in [1.82, 2.24) is 19.7 Å². The van der Waals surface area contributed by atoms with Crippen LogP contribution in [0.4, 0.5) is 0 Å². The number of pyridine rings is 1. The van der Waals surface area contributed by atoms with E-state index in [1.54, 1.807) is 4.90 Å². The summed E-state index contributed by atoms with van der Waals surface area (Å²) in [4.78, 5) is 29.8. The molecule has 2 N–H and O–H groups in total. The fourth-order valence-electron chi connectivity index (χ4n) is 3.80. The molecule has 3 aromatic rings. The lowest BCUT2D eigenvalue weighted by molar-refractivity contribution is -0.118. The summed E-state index contributed by atoms with van der Waals surface area (Å²) in [5, 5.41) is 4.46. The molecule has 0 aliphatic carbocycles. The summed E-state index contributed by atoms with van der Waals surface area (Å²) in [5.41, 5.74) is 11.6. The summed E-state index contributed by atoms with van der Waals surface area (Å²) >= 11 is 0. The molecule has 7 nitrogen and oxygen atoms in total. The van der Waals surface area contributed by atoms with Crippen molar-refractivity contribution in [2.45, 2.75) is 39.3 Å². The van der Waals surface area contributed by atoms with Crippen molar-refractivity contribution in [3.63, 3.8) is 0 Å². The summed E-state index contributed by atoms with van der Waals surface area (Å²) in [5.74, 6) is -0.226. The lowest BCUT2D eigenvalue weighted by Gasteiger charge is -2.10. The Morgan fingerprint density at radius 1 is 1.13 bits per heavy atom. The van der Waals surface area contributed by atoms with Gasteiger partial charge < -0.3 is 10.6 Å². The lowest BCUT2D eigenvalue weighted by atomic mass is 9.98. The molecule has 30 heavy (non-hydrogen) atoms. The van der Waals surface area contributed by atoms with Gasteiger partial charge in [-0.2, -0.15) is 5.10 Å². The molecular formula is C23H25N5O2. The van der Waals surface area contributed by atoms with Crippen LogP contribution in [0.25, 0.3) is 22.4 Å². The number of hydrogen-bond donors (Lipinski definition) is 1. The van der Waals surface area contributed by atoms with Gasteiger partial charge in [0, 0.05) is 60.7 Å². The third-order valence-electron chi connectivity index (χ3n) is 5.41. The number of amides is 2. The van der Waals surface area contributed by atoms with E-state index in [9.17, 15) is 9.59 Å². The average molecular weight is 403 g/mol. The zero-order valence-corrected chi connectivity index (χ0v) is 17.3. The number of fused-ring (bicyclic) bond motifs is 1. The summed E-state index contributed by atoms with van der Waals surface area (Å²) in [6.45, 7) is 3.33. The third kappa shape index (κ3) is 3.96. The van der Waals surface area contributed by atoms with Gasteiger partial charge in [-0.3, -0.25) is 19.3 Å². The molecule has 0 atom stereocenters. The van der Waals surface area contributed by atoms with Gasteiger partial charge in [-0.1, -0.05) is 18.2 Å². The van der Waals surface area contributed by atoms with Gasteiger partial charge in [0.1, 0.15) is 0 Å². The van der Waals surface area contributed by atoms with Crippen LogP contribution in [0.1, 0.15) is 40.9 Å². The first-order chi connectivity index (χ1) is 14.4. The predicted molar refractivity (Wildman–Crippen MR) is 114 cm³/mol. The molecule has 7 heteroatoms. The molecule has 1 aliphatic rings. The van der Waals surface area contributed by atoms with Gasteiger partial charge in [-0.15, -0.1) is 0 Å². The fourth-order valence-corrected chi connectivity index (χ4v) is 3.80. The first kappa shape index (κ1) is 19.8. The second kappa shape index (κ2) is 8.10. The Kier molecular flexibility index (Phi) is 5.35. The number of hydrogen-bond acceptors (Lipinski definition) is 4. The molecule has 0 fully saturated rings. The molecule has 1 aliphatic heterocycles. The maximum Gasteiger partial charge on any atom is 0.254 e. The van der Waals surface area contributed by atoms with E-state index < -0.39 is 0 Å². The summed E-state index contributed by atoms with van der Waals surface area (Å²) in [6, 6.07) is 10.0. The van der Waals surface area contributed by atoms with Gasteiger partial charge in [0.15, 0.2) is 0 Å². The molecule has 1 aromatic carbocycles. The van der Waals surface area contributed by atoms with Crippen molar-refractivity contribution in [2.75, 3.05) is 7.05 Å². The largest absolute Gasteiger partial charge is 0.370 e. The van der Waals surface area contributed by atoms with Crippen LogP contribution in [0.5, 0.6) is 0 Å². The minimum Gasteiger partial charge on any atom is -0.370 e. The predicted octanol–water partition coefficient (Wildman–Crippen LogP) is 3.16. The van der Waals surface area contributed by atoms with Crippen LogP contribution < -0.4 is 5.73 Å². The number of nitrogens with two attached hydrogens (primary N) is 1. The minimum absolute atomic E-state index is 0.0461. The van der Waals surface area contributed by atoms with Crippen LogP contribution in [0.3, 0.4) is 0 Å². The number of aromatic nitrogens is 3. The Hall–Kier alpha value is -3.48. The van der Waals surface area contributed by atoms with Crippen molar-refractivity contribution < 1.29 is 9.59 Å². The monoisotopic (exact) mass is 403 g/mol. The molecule has 0 unspecified atom stereocenters. The van der Waals surface area contributed by atoms with Gasteiger partial charge in [0.05, 0.1) is 11.9 Å². The van der Waals surface area contributed by atoms with Crippen LogP contribution in [-0.4, -0.2) is 38.5 Å². The summed E-state index contributed by atoms with van der Waals surface area (Å²) in [7, 11) is 1.82. The number of carbonyl (C=O) groups excluding carboxylic acids is 2. The van der Waals surface area contributed by atoms with Crippen LogP contribution in [0, 0.1) is 6.92 Å². The molecule has 0 bridgehead atoms. The van der Waals surface area contributed by atoms with Gasteiger partial charge in [0.2, 0.25) is 5.91 Å². The first-order valence-corrected chi connectivity index (χ1v) is 10.1. The molecule has 0 saturated heterocycles. The zero-order valence-electron chi connectivity index (χ0n) is 17.3. The van der Waals surface area contributed by atoms with Crippen molar-refractivity contribution >= 4 is 11.8 Å². The van der Waals surface area contributed by atoms with E-state index in [1.165, 1.54) is 0 Å². The summed E-state index contributed by atoms with van der Waals surface area (Å²) < 4.78 is 1.88. The van der Waals surface area contributed by atoms with E-state index in [0.29, 0.717) is 13.0 Å². The Morgan fingerprint density at radius 2 is 1.97 bits per heavy atom. The van der Waals surface area contributed by atoms with Crippen LogP contribution in [-0.2, 0) is 17.9 Å². The van der Waals surface area contributed by atoms with Crippen LogP contribution in [0.2, 0.25) is 0 Å². The van der Waals surface area contributed by atoms with Crippen LogP contribution >= 0.6 is 0 Å². The number of primary amides is 1. The Morgan fingerprint density at radius 3 is 2.77 bits per heavy atom. The van der Waals surface area contributed by atoms with E-state index >= 15 is 0 Å². The second-order valence-electron chi connectivity index (χ2n) is 7.80. The SMILES string of the molecule is Cc1ccc(-c2cnn(CCCCC(N)=O)c2)c(-c2ccc3c(c2)C(=O)N(C)C3)n1. The summed E-state index contributed by atoms with van der Waals surface area (Å²) in [6.07, 6.45) is 5.80. The molecule has 2 amide bonds. The molecule has 0 radical (unpaired) electrons. The molecular weight excluding hydrogens is 378 g/mol. The number of nitrogens with zero attached hydrogens (tertiary/aromatic N) is 4.